The Balaban J connectivity index is 1.55. The van der Waals surface area contributed by atoms with Crippen LogP contribution in [0, 0.1) is 0 Å². The van der Waals surface area contributed by atoms with Gasteiger partial charge < -0.3 is 10.4 Å². The van der Waals surface area contributed by atoms with E-state index < -0.39 is 6.10 Å². The fourth-order valence-corrected chi connectivity index (χ4v) is 3.45. The highest BCUT2D eigenvalue weighted by molar-refractivity contribution is 7.18. The topological polar surface area (TPSA) is 58.0 Å². The Kier molecular flexibility index (Phi) is 4.77. The SMILES string of the molecule is CC(Cc1nc2ccccc2s1)NCC(O)c1ccncc1. The fraction of sp³-hybridized carbons (Fsp3) is 0.294. The predicted molar refractivity (Wildman–Crippen MR) is 90.0 cm³/mol. The summed E-state index contributed by atoms with van der Waals surface area (Å²) in [6.45, 7) is 2.64. The summed E-state index contributed by atoms with van der Waals surface area (Å²) in [5.74, 6) is 0. The number of aliphatic hydroxyl groups excluding tert-OH is 1. The van der Waals surface area contributed by atoms with Crippen molar-refractivity contribution in [2.75, 3.05) is 6.54 Å². The minimum absolute atomic E-state index is 0.261. The van der Waals surface area contributed by atoms with Crippen molar-refractivity contribution in [3.8, 4) is 0 Å². The maximum Gasteiger partial charge on any atom is 0.0954 e. The summed E-state index contributed by atoms with van der Waals surface area (Å²) in [5.41, 5.74) is 1.95. The van der Waals surface area contributed by atoms with E-state index in [4.69, 9.17) is 0 Å². The number of hydrogen-bond donors (Lipinski definition) is 2. The first-order chi connectivity index (χ1) is 10.7. The molecule has 2 atom stereocenters. The summed E-state index contributed by atoms with van der Waals surface area (Å²) in [5, 5.41) is 14.6. The zero-order valence-electron chi connectivity index (χ0n) is 12.4. The molecule has 0 aliphatic carbocycles. The van der Waals surface area contributed by atoms with Gasteiger partial charge in [0.1, 0.15) is 0 Å². The monoisotopic (exact) mass is 313 g/mol. The lowest BCUT2D eigenvalue weighted by Crippen LogP contribution is -2.32. The van der Waals surface area contributed by atoms with Crippen molar-refractivity contribution in [1.29, 1.82) is 0 Å². The lowest BCUT2D eigenvalue weighted by molar-refractivity contribution is 0.170. The van der Waals surface area contributed by atoms with Gasteiger partial charge in [-0.1, -0.05) is 12.1 Å². The molecule has 0 spiro atoms. The van der Waals surface area contributed by atoms with Crippen LogP contribution in [0.1, 0.15) is 23.6 Å². The highest BCUT2D eigenvalue weighted by atomic mass is 32.1. The van der Waals surface area contributed by atoms with Crippen LogP contribution < -0.4 is 5.32 Å². The third-order valence-electron chi connectivity index (χ3n) is 3.57. The summed E-state index contributed by atoms with van der Waals surface area (Å²) >= 11 is 1.73. The van der Waals surface area contributed by atoms with Crippen LogP contribution in [0.4, 0.5) is 0 Å². The van der Waals surface area contributed by atoms with E-state index in [2.05, 4.69) is 28.3 Å². The molecule has 0 aliphatic heterocycles. The molecule has 4 nitrogen and oxygen atoms in total. The number of pyridine rings is 1. The zero-order valence-corrected chi connectivity index (χ0v) is 13.3. The second kappa shape index (κ2) is 6.96. The molecule has 0 bridgehead atoms. The average Bonchev–Trinajstić information content (AvgIpc) is 2.95. The minimum atomic E-state index is -0.513. The quantitative estimate of drug-likeness (QED) is 0.734. The van der Waals surface area contributed by atoms with Crippen molar-refractivity contribution in [2.45, 2.75) is 25.5 Å². The van der Waals surface area contributed by atoms with Crippen molar-refractivity contribution in [3.63, 3.8) is 0 Å². The van der Waals surface area contributed by atoms with Gasteiger partial charge in [0.15, 0.2) is 0 Å². The van der Waals surface area contributed by atoms with E-state index in [9.17, 15) is 5.11 Å². The Morgan fingerprint density at radius 3 is 2.73 bits per heavy atom. The van der Waals surface area contributed by atoms with Crippen LogP contribution in [0.5, 0.6) is 0 Å². The number of aromatic nitrogens is 2. The van der Waals surface area contributed by atoms with Gasteiger partial charge in [0.2, 0.25) is 0 Å². The molecule has 0 fully saturated rings. The van der Waals surface area contributed by atoms with Gasteiger partial charge in [0.05, 0.1) is 21.3 Å². The molecule has 0 aliphatic rings. The van der Waals surface area contributed by atoms with Crippen molar-refractivity contribution in [2.24, 2.45) is 0 Å². The van der Waals surface area contributed by atoms with Crippen LogP contribution in [0.15, 0.2) is 48.8 Å². The molecule has 0 saturated heterocycles. The van der Waals surface area contributed by atoms with Crippen LogP contribution in [-0.4, -0.2) is 27.7 Å². The van der Waals surface area contributed by atoms with E-state index in [0.29, 0.717) is 6.54 Å². The molecular weight excluding hydrogens is 294 g/mol. The molecule has 5 heteroatoms. The molecule has 3 rings (SSSR count). The molecule has 114 valence electrons. The molecule has 1 aromatic carbocycles. The van der Waals surface area contributed by atoms with Gasteiger partial charge in [-0.3, -0.25) is 4.98 Å². The Bertz CT molecular complexity index is 696. The van der Waals surface area contributed by atoms with Crippen LogP contribution in [-0.2, 0) is 6.42 Å². The van der Waals surface area contributed by atoms with Gasteiger partial charge in [-0.15, -0.1) is 11.3 Å². The molecule has 0 saturated carbocycles. The molecule has 22 heavy (non-hydrogen) atoms. The van der Waals surface area contributed by atoms with Crippen LogP contribution in [0.25, 0.3) is 10.2 Å². The van der Waals surface area contributed by atoms with Gasteiger partial charge in [-0.25, -0.2) is 4.98 Å². The Morgan fingerprint density at radius 1 is 1.18 bits per heavy atom. The van der Waals surface area contributed by atoms with Crippen LogP contribution in [0.2, 0.25) is 0 Å². The van der Waals surface area contributed by atoms with Crippen molar-refractivity contribution >= 4 is 21.6 Å². The average molecular weight is 313 g/mol. The number of nitrogens with zero attached hydrogens (tertiary/aromatic N) is 2. The largest absolute Gasteiger partial charge is 0.387 e. The van der Waals surface area contributed by atoms with Crippen molar-refractivity contribution < 1.29 is 5.11 Å². The van der Waals surface area contributed by atoms with Gasteiger partial charge in [0.25, 0.3) is 0 Å². The number of aliphatic hydroxyl groups is 1. The molecule has 2 unspecified atom stereocenters. The second-order valence-corrected chi connectivity index (χ2v) is 6.50. The smallest absolute Gasteiger partial charge is 0.0954 e. The Morgan fingerprint density at radius 2 is 1.95 bits per heavy atom. The third kappa shape index (κ3) is 3.68. The van der Waals surface area contributed by atoms with Gasteiger partial charge in [0, 0.05) is 31.4 Å². The number of benzene rings is 1. The second-order valence-electron chi connectivity index (χ2n) is 5.39. The molecule has 2 N–H and O–H groups in total. The maximum absolute atomic E-state index is 10.1. The first-order valence-corrected chi connectivity index (χ1v) is 8.20. The van der Waals surface area contributed by atoms with Crippen molar-refractivity contribution in [3.05, 3.63) is 59.4 Å². The molecule has 0 radical (unpaired) electrons. The Labute approximate surface area is 133 Å². The summed E-state index contributed by atoms with van der Waals surface area (Å²) in [7, 11) is 0. The minimum Gasteiger partial charge on any atom is -0.387 e. The predicted octanol–water partition coefficient (Wildman–Crippen LogP) is 2.95. The highest BCUT2D eigenvalue weighted by Gasteiger charge is 2.11. The number of para-hydroxylation sites is 1. The zero-order chi connectivity index (χ0) is 15.4. The summed E-state index contributed by atoms with van der Waals surface area (Å²) < 4.78 is 1.22. The molecule has 3 aromatic rings. The third-order valence-corrected chi connectivity index (χ3v) is 4.63. The van der Waals surface area contributed by atoms with E-state index in [1.165, 1.54) is 4.70 Å². The van der Waals surface area contributed by atoms with E-state index >= 15 is 0 Å². The first-order valence-electron chi connectivity index (χ1n) is 7.38. The lowest BCUT2D eigenvalue weighted by atomic mass is 10.1. The van der Waals surface area contributed by atoms with Gasteiger partial charge in [-0.2, -0.15) is 0 Å². The standard InChI is InChI=1S/C17H19N3OS/c1-12(19-11-15(21)13-6-8-18-9-7-13)10-17-20-14-4-2-3-5-16(14)22-17/h2-9,12,15,19,21H,10-11H2,1H3. The molecule has 0 amide bonds. The number of rotatable bonds is 6. The molecule has 2 aromatic heterocycles. The Hall–Kier alpha value is -1.82. The fourth-order valence-electron chi connectivity index (χ4n) is 2.36. The summed E-state index contributed by atoms with van der Waals surface area (Å²) in [6.07, 6.45) is 3.75. The number of nitrogens with one attached hydrogen (secondary N) is 1. The van der Waals surface area contributed by atoms with E-state index in [1.54, 1.807) is 23.7 Å². The number of hydrogen-bond acceptors (Lipinski definition) is 5. The van der Waals surface area contributed by atoms with Gasteiger partial charge >= 0.3 is 0 Å². The van der Waals surface area contributed by atoms with Gasteiger partial charge in [-0.05, 0) is 36.8 Å². The van der Waals surface area contributed by atoms with E-state index in [-0.39, 0.29) is 6.04 Å². The lowest BCUT2D eigenvalue weighted by Gasteiger charge is -2.16. The van der Waals surface area contributed by atoms with Crippen LogP contribution >= 0.6 is 11.3 Å². The van der Waals surface area contributed by atoms with E-state index in [1.807, 2.05) is 30.3 Å². The normalized spacial score (nSPS) is 14.1. The highest BCUT2D eigenvalue weighted by Crippen LogP contribution is 2.22. The summed E-state index contributed by atoms with van der Waals surface area (Å²) in [6, 6.07) is 12.1. The molecular formula is C17H19N3OS. The molecule has 2 heterocycles. The number of fused-ring (bicyclic) bond motifs is 1. The van der Waals surface area contributed by atoms with E-state index in [0.717, 1.165) is 22.5 Å². The van der Waals surface area contributed by atoms with Crippen LogP contribution in [0.3, 0.4) is 0 Å². The number of thiazole rings is 1. The maximum atomic E-state index is 10.1. The van der Waals surface area contributed by atoms with Crippen molar-refractivity contribution in [1.82, 2.24) is 15.3 Å². The first kappa shape index (κ1) is 15.1. The summed E-state index contributed by atoms with van der Waals surface area (Å²) in [4.78, 5) is 8.61.